The molecule has 2 aromatic carbocycles. The summed E-state index contributed by atoms with van der Waals surface area (Å²) in [7, 11) is 0. The number of halogens is 1. The summed E-state index contributed by atoms with van der Waals surface area (Å²) in [5.74, 6) is -0.224. The van der Waals surface area contributed by atoms with Gasteiger partial charge in [-0.1, -0.05) is 44.2 Å². The smallest absolute Gasteiger partial charge is 0.223 e. The molecule has 0 aliphatic carbocycles. The van der Waals surface area contributed by atoms with Crippen LogP contribution in [-0.2, 0) is 10.2 Å². The van der Waals surface area contributed by atoms with Crippen LogP contribution in [0, 0.1) is 12.7 Å². The molecular weight excluding hydrogens is 327 g/mol. The molecule has 3 nitrogen and oxygen atoms in total. The first kappa shape index (κ1) is 16.8. The molecule has 2 aliphatic rings. The number of hydrogen-bond acceptors (Lipinski definition) is 2. The van der Waals surface area contributed by atoms with Gasteiger partial charge in [-0.05, 0) is 47.9 Å². The summed E-state index contributed by atoms with van der Waals surface area (Å²) in [4.78, 5) is 14.6. The van der Waals surface area contributed by atoms with Crippen LogP contribution < -0.4 is 10.2 Å². The second-order valence-electron chi connectivity index (χ2n) is 7.69. The normalized spacial score (nSPS) is 23.7. The molecule has 2 aromatic rings. The SMILES string of the molecule is Cc1ccccc1/C=C/[C@@]12NC(=O)CCN1c1ccc(F)cc1C2(C)C. The maximum atomic E-state index is 14.0. The first-order valence-corrected chi connectivity index (χ1v) is 8.99. The van der Waals surface area contributed by atoms with E-state index >= 15 is 0 Å². The number of carbonyl (C=O) groups excluding carboxylic acids is 1. The quantitative estimate of drug-likeness (QED) is 0.882. The zero-order chi connectivity index (χ0) is 18.5. The first-order valence-electron chi connectivity index (χ1n) is 8.99. The third-order valence-electron chi connectivity index (χ3n) is 5.89. The van der Waals surface area contributed by atoms with E-state index in [1.165, 1.54) is 11.6 Å². The Morgan fingerprint density at radius 1 is 1.19 bits per heavy atom. The number of anilines is 1. The fourth-order valence-electron chi connectivity index (χ4n) is 4.31. The van der Waals surface area contributed by atoms with Crippen LogP contribution in [0.1, 0.15) is 37.0 Å². The van der Waals surface area contributed by atoms with E-state index in [1.54, 1.807) is 6.07 Å². The molecule has 0 aromatic heterocycles. The van der Waals surface area contributed by atoms with Gasteiger partial charge in [0, 0.05) is 24.1 Å². The summed E-state index contributed by atoms with van der Waals surface area (Å²) in [6.07, 6.45) is 4.58. The van der Waals surface area contributed by atoms with Crippen molar-refractivity contribution >= 4 is 17.7 Å². The van der Waals surface area contributed by atoms with Crippen LogP contribution in [0.25, 0.3) is 6.08 Å². The molecule has 1 N–H and O–H groups in total. The Hall–Kier alpha value is -2.62. The van der Waals surface area contributed by atoms with Crippen molar-refractivity contribution in [3.05, 3.63) is 71.0 Å². The zero-order valence-electron chi connectivity index (χ0n) is 15.3. The van der Waals surface area contributed by atoms with Crippen LogP contribution in [-0.4, -0.2) is 18.1 Å². The number of benzene rings is 2. The second kappa shape index (κ2) is 5.70. The highest BCUT2D eigenvalue weighted by atomic mass is 19.1. The molecule has 0 spiro atoms. The van der Waals surface area contributed by atoms with Crippen LogP contribution in [0.5, 0.6) is 0 Å². The van der Waals surface area contributed by atoms with E-state index in [4.69, 9.17) is 0 Å². The predicted molar refractivity (Wildman–Crippen MR) is 102 cm³/mol. The van der Waals surface area contributed by atoms with Gasteiger partial charge in [0.05, 0.1) is 0 Å². The molecule has 134 valence electrons. The maximum Gasteiger partial charge on any atom is 0.223 e. The van der Waals surface area contributed by atoms with E-state index in [1.807, 2.05) is 18.2 Å². The minimum Gasteiger partial charge on any atom is -0.344 e. The van der Waals surface area contributed by atoms with Crippen molar-refractivity contribution in [1.82, 2.24) is 5.32 Å². The lowest BCUT2D eigenvalue weighted by Gasteiger charge is -2.49. The zero-order valence-corrected chi connectivity index (χ0v) is 15.3. The van der Waals surface area contributed by atoms with Gasteiger partial charge in [0.25, 0.3) is 0 Å². The standard InChI is InChI=1S/C22H23FN2O/c1-15-6-4-5-7-16(15)10-12-22-21(2,3)18-14-17(23)8-9-19(18)25(22)13-11-20(26)24-22/h4-10,12,14H,11,13H2,1-3H3,(H,24,26)/b12-10+/t22-/m1/s1. The molecule has 1 fully saturated rings. The minimum atomic E-state index is -0.708. The van der Waals surface area contributed by atoms with E-state index in [0.717, 1.165) is 16.8 Å². The number of amides is 1. The molecule has 0 radical (unpaired) electrons. The van der Waals surface area contributed by atoms with Crippen molar-refractivity contribution in [3.8, 4) is 0 Å². The summed E-state index contributed by atoms with van der Waals surface area (Å²) < 4.78 is 14.0. The molecule has 4 heteroatoms. The molecule has 0 bridgehead atoms. The Labute approximate surface area is 153 Å². The third kappa shape index (κ3) is 2.28. The van der Waals surface area contributed by atoms with Crippen molar-refractivity contribution in [2.45, 2.75) is 38.3 Å². The Kier molecular flexibility index (Phi) is 3.69. The lowest BCUT2D eigenvalue weighted by atomic mass is 9.74. The molecule has 1 amide bonds. The van der Waals surface area contributed by atoms with Crippen molar-refractivity contribution in [1.29, 1.82) is 0 Å². The molecule has 26 heavy (non-hydrogen) atoms. The molecule has 2 heterocycles. The second-order valence-corrected chi connectivity index (χ2v) is 7.69. The number of fused-ring (bicyclic) bond motifs is 3. The van der Waals surface area contributed by atoms with E-state index in [0.29, 0.717) is 13.0 Å². The van der Waals surface area contributed by atoms with Gasteiger partial charge in [-0.3, -0.25) is 4.79 Å². The molecule has 4 rings (SSSR count). The summed E-state index contributed by atoms with van der Waals surface area (Å²) >= 11 is 0. The summed E-state index contributed by atoms with van der Waals surface area (Å²) in [6, 6.07) is 13.1. The number of rotatable bonds is 2. The average molecular weight is 350 g/mol. The largest absolute Gasteiger partial charge is 0.344 e. The van der Waals surface area contributed by atoms with Crippen molar-refractivity contribution in [2.75, 3.05) is 11.4 Å². The summed E-state index contributed by atoms with van der Waals surface area (Å²) in [6.45, 7) is 6.82. The molecule has 0 saturated carbocycles. The lowest BCUT2D eigenvalue weighted by Crippen LogP contribution is -2.68. The van der Waals surface area contributed by atoms with Crippen molar-refractivity contribution in [3.63, 3.8) is 0 Å². The van der Waals surface area contributed by atoms with Crippen LogP contribution in [0.15, 0.2) is 48.5 Å². The number of nitrogens with one attached hydrogen (secondary N) is 1. The van der Waals surface area contributed by atoms with E-state index in [-0.39, 0.29) is 11.7 Å². The molecular formula is C22H23FN2O. The molecule has 2 aliphatic heterocycles. The first-order chi connectivity index (χ1) is 12.3. The Balaban J connectivity index is 1.88. The number of hydrogen-bond donors (Lipinski definition) is 1. The highest BCUT2D eigenvalue weighted by Crippen LogP contribution is 2.52. The Morgan fingerprint density at radius 3 is 2.73 bits per heavy atom. The third-order valence-corrected chi connectivity index (χ3v) is 5.89. The highest BCUT2D eigenvalue weighted by Gasteiger charge is 2.57. The maximum absolute atomic E-state index is 14.0. The average Bonchev–Trinajstić information content (AvgIpc) is 2.79. The van der Waals surface area contributed by atoms with Gasteiger partial charge in [-0.2, -0.15) is 0 Å². The van der Waals surface area contributed by atoms with Crippen LogP contribution in [0.3, 0.4) is 0 Å². The summed E-state index contributed by atoms with van der Waals surface area (Å²) in [5, 5.41) is 3.22. The van der Waals surface area contributed by atoms with Crippen molar-refractivity contribution in [2.24, 2.45) is 0 Å². The molecule has 0 unspecified atom stereocenters. The van der Waals surface area contributed by atoms with Gasteiger partial charge in [-0.15, -0.1) is 0 Å². The van der Waals surface area contributed by atoms with Crippen molar-refractivity contribution < 1.29 is 9.18 Å². The number of aryl methyl sites for hydroxylation is 1. The number of nitrogens with zero attached hydrogens (tertiary/aromatic N) is 1. The summed E-state index contributed by atoms with van der Waals surface area (Å²) in [5.41, 5.74) is 3.02. The fraction of sp³-hybridized carbons (Fsp3) is 0.318. The van der Waals surface area contributed by atoms with E-state index in [9.17, 15) is 9.18 Å². The van der Waals surface area contributed by atoms with Crippen LogP contribution in [0.2, 0.25) is 0 Å². The number of carbonyl (C=O) groups is 1. The van der Waals surface area contributed by atoms with Gasteiger partial charge < -0.3 is 10.2 Å². The fourth-order valence-corrected chi connectivity index (χ4v) is 4.31. The van der Waals surface area contributed by atoms with E-state index < -0.39 is 11.1 Å². The highest BCUT2D eigenvalue weighted by molar-refractivity contribution is 5.84. The topological polar surface area (TPSA) is 32.3 Å². The van der Waals surface area contributed by atoms with Gasteiger partial charge >= 0.3 is 0 Å². The van der Waals surface area contributed by atoms with Gasteiger partial charge in [0.2, 0.25) is 5.91 Å². The van der Waals surface area contributed by atoms with Gasteiger partial charge in [0.15, 0.2) is 0 Å². The lowest BCUT2D eigenvalue weighted by molar-refractivity contribution is -0.124. The molecule has 1 saturated heterocycles. The van der Waals surface area contributed by atoms with Crippen LogP contribution in [0.4, 0.5) is 10.1 Å². The monoisotopic (exact) mass is 350 g/mol. The Morgan fingerprint density at radius 2 is 1.96 bits per heavy atom. The molecule has 1 atom stereocenters. The van der Waals surface area contributed by atoms with Crippen LogP contribution >= 0.6 is 0 Å². The van der Waals surface area contributed by atoms with Gasteiger partial charge in [0.1, 0.15) is 11.5 Å². The Bertz CT molecular complexity index is 918. The minimum absolute atomic E-state index is 0.0250. The van der Waals surface area contributed by atoms with E-state index in [2.05, 4.69) is 55.3 Å². The predicted octanol–water partition coefficient (Wildman–Crippen LogP) is 4.16. The van der Waals surface area contributed by atoms with Gasteiger partial charge in [-0.25, -0.2) is 4.39 Å².